The van der Waals surface area contributed by atoms with Crippen LogP contribution in [0.5, 0.6) is 0 Å². The van der Waals surface area contributed by atoms with Crippen molar-refractivity contribution in [1.82, 2.24) is 9.88 Å². The van der Waals surface area contributed by atoms with E-state index >= 15 is 0 Å². The predicted molar refractivity (Wildman–Crippen MR) is 56.5 cm³/mol. The van der Waals surface area contributed by atoms with Crippen molar-refractivity contribution in [3.63, 3.8) is 0 Å². The van der Waals surface area contributed by atoms with Gasteiger partial charge in [0.15, 0.2) is 0 Å². The Kier molecular flexibility index (Phi) is 3.30. The van der Waals surface area contributed by atoms with Gasteiger partial charge in [0.05, 0.1) is 18.0 Å². The van der Waals surface area contributed by atoms with Crippen molar-refractivity contribution in [2.24, 2.45) is 0 Å². The maximum atomic E-state index is 12.6. The van der Waals surface area contributed by atoms with Crippen molar-refractivity contribution in [2.75, 3.05) is 13.2 Å². The van der Waals surface area contributed by atoms with E-state index in [0.29, 0.717) is 13.0 Å². The third kappa shape index (κ3) is 2.34. The van der Waals surface area contributed by atoms with Crippen LogP contribution in [0.1, 0.15) is 17.7 Å². The van der Waals surface area contributed by atoms with Gasteiger partial charge in [-0.3, -0.25) is 9.78 Å². The first-order chi connectivity index (χ1) is 7.31. The fourth-order valence-corrected chi connectivity index (χ4v) is 2.49. The average Bonchev–Trinajstić information content (AvgIpc) is 2.86. The fraction of sp³-hybridized carbons (Fsp3) is 0.600. The summed E-state index contributed by atoms with van der Waals surface area (Å²) in [5, 5.41) is 0. The lowest BCUT2D eigenvalue weighted by molar-refractivity contribution is -0.131. The van der Waals surface area contributed by atoms with Crippen molar-refractivity contribution in [3.05, 3.63) is 16.6 Å². The van der Waals surface area contributed by atoms with Gasteiger partial charge in [0.2, 0.25) is 5.91 Å². The highest BCUT2D eigenvalue weighted by Crippen LogP contribution is 2.19. The normalized spacial score (nSPS) is 20.9. The van der Waals surface area contributed by atoms with E-state index < -0.39 is 6.67 Å². The second-order valence-corrected chi connectivity index (χ2v) is 4.65. The second kappa shape index (κ2) is 4.70. The third-order valence-corrected chi connectivity index (χ3v) is 3.46. The number of aromatic nitrogens is 1. The second-order valence-electron chi connectivity index (χ2n) is 3.68. The smallest absolute Gasteiger partial charge is 0.228 e. The van der Waals surface area contributed by atoms with Gasteiger partial charge in [0, 0.05) is 17.6 Å². The summed E-state index contributed by atoms with van der Waals surface area (Å²) in [6.45, 7) is 0.278. The summed E-state index contributed by atoms with van der Waals surface area (Å²) >= 11 is 1.47. The van der Waals surface area contributed by atoms with E-state index in [0.717, 1.165) is 17.7 Å². The van der Waals surface area contributed by atoms with Crippen LogP contribution in [0.4, 0.5) is 4.39 Å². The molecular weight excluding hydrogens is 215 g/mol. The Morgan fingerprint density at radius 1 is 1.73 bits per heavy atom. The topological polar surface area (TPSA) is 33.2 Å². The average molecular weight is 228 g/mol. The van der Waals surface area contributed by atoms with Gasteiger partial charge in [-0.15, -0.1) is 11.3 Å². The van der Waals surface area contributed by atoms with E-state index in [4.69, 9.17) is 0 Å². The molecule has 1 atom stereocenters. The van der Waals surface area contributed by atoms with E-state index in [9.17, 15) is 9.18 Å². The minimum absolute atomic E-state index is 0.0272. The lowest BCUT2D eigenvalue weighted by Gasteiger charge is -2.21. The van der Waals surface area contributed by atoms with Crippen LogP contribution in [-0.2, 0) is 11.2 Å². The molecule has 1 aromatic rings. The summed E-state index contributed by atoms with van der Waals surface area (Å²) in [5.41, 5.74) is 1.71. The van der Waals surface area contributed by atoms with Crippen molar-refractivity contribution in [1.29, 1.82) is 0 Å². The molecule has 15 heavy (non-hydrogen) atoms. The quantitative estimate of drug-likeness (QED) is 0.788. The monoisotopic (exact) mass is 228 g/mol. The van der Waals surface area contributed by atoms with Gasteiger partial charge in [-0.2, -0.15) is 0 Å². The summed E-state index contributed by atoms with van der Waals surface area (Å²) in [6.07, 6.45) is 3.78. The molecule has 5 heteroatoms. The number of hydrogen-bond donors (Lipinski definition) is 0. The van der Waals surface area contributed by atoms with E-state index in [1.54, 1.807) is 16.6 Å². The zero-order valence-electron chi connectivity index (χ0n) is 8.36. The van der Waals surface area contributed by atoms with E-state index in [-0.39, 0.29) is 11.9 Å². The molecule has 2 rings (SSSR count). The van der Waals surface area contributed by atoms with Gasteiger partial charge in [-0.1, -0.05) is 0 Å². The molecule has 1 fully saturated rings. The molecule has 2 heterocycles. The number of amides is 1. The Labute approximate surface area is 91.9 Å². The Morgan fingerprint density at radius 2 is 2.60 bits per heavy atom. The van der Waals surface area contributed by atoms with E-state index in [1.165, 1.54) is 11.3 Å². The highest BCUT2D eigenvalue weighted by Gasteiger charge is 2.28. The van der Waals surface area contributed by atoms with Gasteiger partial charge >= 0.3 is 0 Å². The molecule has 3 nitrogen and oxygen atoms in total. The Hall–Kier alpha value is -0.970. The Morgan fingerprint density at radius 3 is 3.27 bits per heavy atom. The molecule has 1 unspecified atom stereocenters. The van der Waals surface area contributed by atoms with Crippen LogP contribution in [0, 0.1) is 0 Å². The molecule has 0 bridgehead atoms. The van der Waals surface area contributed by atoms with Crippen LogP contribution in [0.2, 0.25) is 0 Å². The third-order valence-electron chi connectivity index (χ3n) is 2.68. The molecule has 0 aliphatic carbocycles. The van der Waals surface area contributed by atoms with Crippen molar-refractivity contribution in [3.8, 4) is 0 Å². The minimum atomic E-state index is -0.422. The molecule has 0 spiro atoms. The SMILES string of the molecule is O=C(Cc1cncs1)N1CCCC1CF. The van der Waals surface area contributed by atoms with Crippen molar-refractivity contribution < 1.29 is 9.18 Å². The summed E-state index contributed by atoms with van der Waals surface area (Å²) < 4.78 is 12.6. The fourth-order valence-electron chi connectivity index (χ4n) is 1.90. The molecule has 0 saturated carbocycles. The maximum absolute atomic E-state index is 12.6. The molecular formula is C10H13FN2OS. The molecule has 1 aromatic heterocycles. The maximum Gasteiger partial charge on any atom is 0.228 e. The van der Waals surface area contributed by atoms with Crippen LogP contribution in [-0.4, -0.2) is 35.1 Å². The van der Waals surface area contributed by atoms with Gasteiger partial charge < -0.3 is 4.90 Å². The van der Waals surface area contributed by atoms with Crippen LogP contribution in [0.3, 0.4) is 0 Å². The highest BCUT2D eigenvalue weighted by atomic mass is 32.1. The number of nitrogens with zero attached hydrogens (tertiary/aromatic N) is 2. The Bertz CT molecular complexity index is 328. The van der Waals surface area contributed by atoms with Gasteiger partial charge in [0.25, 0.3) is 0 Å². The van der Waals surface area contributed by atoms with Gasteiger partial charge in [-0.05, 0) is 12.8 Å². The van der Waals surface area contributed by atoms with Crippen LogP contribution < -0.4 is 0 Å². The molecule has 1 aliphatic rings. The summed E-state index contributed by atoms with van der Waals surface area (Å²) in [5.74, 6) is 0.0272. The van der Waals surface area contributed by atoms with Crippen LogP contribution in [0.25, 0.3) is 0 Å². The molecule has 0 aromatic carbocycles. The van der Waals surface area contributed by atoms with Crippen LogP contribution >= 0.6 is 11.3 Å². The number of halogens is 1. The molecule has 0 N–H and O–H groups in total. The van der Waals surface area contributed by atoms with Gasteiger partial charge in [0.1, 0.15) is 6.67 Å². The molecule has 1 saturated heterocycles. The lowest BCUT2D eigenvalue weighted by Crippen LogP contribution is -2.37. The predicted octanol–water partition coefficient (Wildman–Crippen LogP) is 1.65. The highest BCUT2D eigenvalue weighted by molar-refractivity contribution is 7.09. The largest absolute Gasteiger partial charge is 0.337 e. The molecule has 0 radical (unpaired) electrons. The zero-order chi connectivity index (χ0) is 10.7. The summed E-state index contributed by atoms with van der Waals surface area (Å²) in [6, 6.07) is -0.189. The summed E-state index contributed by atoms with van der Waals surface area (Å²) in [4.78, 5) is 18.3. The van der Waals surface area contributed by atoms with Crippen molar-refractivity contribution >= 4 is 17.2 Å². The van der Waals surface area contributed by atoms with Crippen LogP contribution in [0.15, 0.2) is 11.7 Å². The number of carbonyl (C=O) groups excluding carboxylic acids is 1. The van der Waals surface area contributed by atoms with Crippen molar-refractivity contribution in [2.45, 2.75) is 25.3 Å². The lowest BCUT2D eigenvalue weighted by atomic mass is 10.2. The first-order valence-electron chi connectivity index (χ1n) is 5.04. The number of carbonyl (C=O) groups is 1. The number of rotatable bonds is 3. The zero-order valence-corrected chi connectivity index (χ0v) is 9.17. The molecule has 1 amide bonds. The number of thiazole rings is 1. The number of alkyl halides is 1. The molecule has 1 aliphatic heterocycles. The first kappa shape index (κ1) is 10.5. The van der Waals surface area contributed by atoms with Gasteiger partial charge in [-0.25, -0.2) is 4.39 Å². The minimum Gasteiger partial charge on any atom is -0.337 e. The Balaban J connectivity index is 1.96. The standard InChI is InChI=1S/C10H13FN2OS/c11-5-8-2-1-3-13(8)10(14)4-9-6-12-7-15-9/h6-8H,1-5H2. The number of hydrogen-bond acceptors (Lipinski definition) is 3. The van der Waals surface area contributed by atoms with E-state index in [2.05, 4.69) is 4.98 Å². The first-order valence-corrected chi connectivity index (χ1v) is 5.92. The summed E-state index contributed by atoms with van der Waals surface area (Å²) in [7, 11) is 0. The van der Waals surface area contributed by atoms with E-state index in [1.807, 2.05) is 0 Å². The number of likely N-dealkylation sites (tertiary alicyclic amines) is 1. The molecule has 82 valence electrons.